The number of carbonyl (C=O) groups excluding carboxylic acids is 3. The van der Waals surface area contributed by atoms with E-state index >= 15 is 0 Å². The number of esters is 1. The summed E-state index contributed by atoms with van der Waals surface area (Å²) < 4.78 is 7.00. The first-order valence-corrected chi connectivity index (χ1v) is 9.38. The van der Waals surface area contributed by atoms with Crippen molar-refractivity contribution in [3.8, 4) is 0 Å². The van der Waals surface area contributed by atoms with Gasteiger partial charge in [0, 0.05) is 35.7 Å². The van der Waals surface area contributed by atoms with Crippen LogP contribution >= 0.6 is 0 Å². The van der Waals surface area contributed by atoms with Crippen LogP contribution in [0.2, 0.25) is 0 Å². The van der Waals surface area contributed by atoms with Crippen molar-refractivity contribution in [3.05, 3.63) is 77.5 Å². The molecule has 2 heterocycles. The number of rotatable bonds is 6. The highest BCUT2D eigenvalue weighted by atomic mass is 16.5. The van der Waals surface area contributed by atoms with Crippen molar-refractivity contribution in [2.45, 2.75) is 19.9 Å². The number of hydrogen-bond acceptors (Lipinski definition) is 4. The lowest BCUT2D eigenvalue weighted by atomic mass is 10.00. The van der Waals surface area contributed by atoms with Crippen LogP contribution < -0.4 is 5.32 Å². The van der Waals surface area contributed by atoms with Crippen LogP contribution in [-0.4, -0.2) is 29.0 Å². The van der Waals surface area contributed by atoms with Crippen LogP contribution in [0, 0.1) is 0 Å². The van der Waals surface area contributed by atoms with Gasteiger partial charge >= 0.3 is 5.97 Å². The fourth-order valence-electron chi connectivity index (χ4n) is 3.59. The summed E-state index contributed by atoms with van der Waals surface area (Å²) in [5.41, 5.74) is 4.25. The molecular formula is C23H20N2O4. The lowest BCUT2D eigenvalue weighted by molar-refractivity contribution is -0.141. The van der Waals surface area contributed by atoms with Gasteiger partial charge in [-0.25, -0.2) is 0 Å². The number of nitrogens with one attached hydrogen (secondary N) is 1. The summed E-state index contributed by atoms with van der Waals surface area (Å²) in [5, 5.41) is 3.19. The van der Waals surface area contributed by atoms with Gasteiger partial charge in [-0.05, 0) is 29.7 Å². The third-order valence-corrected chi connectivity index (χ3v) is 4.88. The number of imide groups is 1. The van der Waals surface area contributed by atoms with Gasteiger partial charge in [-0.3, -0.25) is 19.7 Å². The first-order valence-electron chi connectivity index (χ1n) is 9.38. The Balaban J connectivity index is 1.75. The van der Waals surface area contributed by atoms with E-state index in [0.717, 1.165) is 22.9 Å². The molecule has 146 valence electrons. The van der Waals surface area contributed by atoms with Gasteiger partial charge in [0.1, 0.15) is 6.61 Å². The Morgan fingerprint density at radius 1 is 1.07 bits per heavy atom. The highest BCUT2D eigenvalue weighted by Crippen LogP contribution is 2.30. The molecule has 1 N–H and O–H groups in total. The van der Waals surface area contributed by atoms with Crippen LogP contribution in [0.4, 0.5) is 0 Å². The molecule has 1 aliphatic rings. The summed E-state index contributed by atoms with van der Waals surface area (Å²) >= 11 is 0. The maximum atomic E-state index is 12.2. The fraction of sp³-hybridized carbons (Fsp3) is 0.174. The summed E-state index contributed by atoms with van der Waals surface area (Å²) in [7, 11) is 0. The Hall–Kier alpha value is -3.67. The van der Waals surface area contributed by atoms with Crippen molar-refractivity contribution in [3.63, 3.8) is 0 Å². The zero-order valence-corrected chi connectivity index (χ0v) is 16.0. The predicted molar refractivity (Wildman–Crippen MR) is 109 cm³/mol. The van der Waals surface area contributed by atoms with E-state index in [0.29, 0.717) is 17.7 Å². The standard InChI is InChI=1S/C23H20N2O4/c1-15(26)29-10-9-25-14-20(19-13-22(27)24-23(19)28)18-12-17(7-8-21(18)25)11-16-5-3-2-4-6-16/h2-8,12-14H,9-11H2,1H3,(H,24,27,28). The molecule has 0 aliphatic carbocycles. The Kier molecular flexibility index (Phi) is 4.99. The molecule has 1 aliphatic heterocycles. The summed E-state index contributed by atoms with van der Waals surface area (Å²) in [6.07, 6.45) is 3.93. The van der Waals surface area contributed by atoms with Crippen molar-refractivity contribution >= 4 is 34.3 Å². The molecule has 0 spiro atoms. The van der Waals surface area contributed by atoms with Crippen molar-refractivity contribution in [2.24, 2.45) is 0 Å². The SMILES string of the molecule is CC(=O)OCCn1cc(C2=CC(=O)NC2=O)c2cc(Cc3ccccc3)ccc21. The number of aromatic nitrogens is 1. The number of carbonyl (C=O) groups is 3. The smallest absolute Gasteiger partial charge is 0.302 e. The van der Waals surface area contributed by atoms with E-state index in [-0.39, 0.29) is 12.6 Å². The zero-order chi connectivity index (χ0) is 20.4. The van der Waals surface area contributed by atoms with Crippen LogP contribution in [-0.2, 0) is 32.1 Å². The van der Waals surface area contributed by atoms with E-state index in [1.54, 1.807) is 0 Å². The highest BCUT2D eigenvalue weighted by molar-refractivity contribution is 6.35. The first-order chi connectivity index (χ1) is 14.0. The minimum absolute atomic E-state index is 0.231. The van der Waals surface area contributed by atoms with Gasteiger partial charge < -0.3 is 9.30 Å². The van der Waals surface area contributed by atoms with Gasteiger partial charge in [0.05, 0.1) is 12.1 Å². The van der Waals surface area contributed by atoms with Crippen molar-refractivity contribution < 1.29 is 19.1 Å². The average Bonchev–Trinajstić information content (AvgIpc) is 3.21. The molecule has 4 rings (SSSR count). The van der Waals surface area contributed by atoms with Crippen LogP contribution in [0.15, 0.2) is 60.8 Å². The monoisotopic (exact) mass is 388 g/mol. The molecule has 29 heavy (non-hydrogen) atoms. The van der Waals surface area contributed by atoms with Crippen LogP contribution in [0.25, 0.3) is 16.5 Å². The molecule has 0 radical (unpaired) electrons. The van der Waals surface area contributed by atoms with Crippen LogP contribution in [0.5, 0.6) is 0 Å². The second kappa shape index (κ2) is 7.75. The lowest BCUT2D eigenvalue weighted by Crippen LogP contribution is -2.21. The molecule has 0 atom stereocenters. The van der Waals surface area contributed by atoms with Crippen LogP contribution in [0.3, 0.4) is 0 Å². The third kappa shape index (κ3) is 3.96. The molecule has 0 bridgehead atoms. The van der Waals surface area contributed by atoms with E-state index in [1.165, 1.54) is 18.6 Å². The Morgan fingerprint density at radius 3 is 2.55 bits per heavy atom. The van der Waals surface area contributed by atoms with E-state index < -0.39 is 11.8 Å². The van der Waals surface area contributed by atoms with E-state index in [2.05, 4.69) is 29.6 Å². The lowest BCUT2D eigenvalue weighted by Gasteiger charge is -2.07. The Morgan fingerprint density at radius 2 is 1.86 bits per heavy atom. The molecule has 0 unspecified atom stereocenters. The number of benzene rings is 2. The van der Waals surface area contributed by atoms with Crippen molar-refractivity contribution in [1.82, 2.24) is 9.88 Å². The quantitative estimate of drug-likeness (QED) is 0.520. The van der Waals surface area contributed by atoms with Gasteiger partial charge in [-0.1, -0.05) is 36.4 Å². The van der Waals surface area contributed by atoms with Crippen molar-refractivity contribution in [1.29, 1.82) is 0 Å². The maximum Gasteiger partial charge on any atom is 0.302 e. The molecular weight excluding hydrogens is 368 g/mol. The molecule has 6 heteroatoms. The number of fused-ring (bicyclic) bond motifs is 1. The number of nitrogens with zero attached hydrogens (tertiary/aromatic N) is 1. The molecule has 2 amide bonds. The minimum atomic E-state index is -0.411. The predicted octanol–water partition coefficient (Wildman–Crippen LogP) is 2.84. The Labute approximate surface area is 167 Å². The maximum absolute atomic E-state index is 12.2. The molecule has 2 aromatic carbocycles. The largest absolute Gasteiger partial charge is 0.464 e. The first kappa shape index (κ1) is 18.7. The molecule has 6 nitrogen and oxygen atoms in total. The minimum Gasteiger partial charge on any atom is -0.464 e. The Bertz CT molecular complexity index is 1140. The van der Waals surface area contributed by atoms with Crippen LogP contribution in [0.1, 0.15) is 23.6 Å². The topological polar surface area (TPSA) is 77.4 Å². The highest BCUT2D eigenvalue weighted by Gasteiger charge is 2.25. The van der Waals surface area contributed by atoms with Gasteiger partial charge in [-0.15, -0.1) is 0 Å². The summed E-state index contributed by atoms with van der Waals surface area (Å²) in [6.45, 7) is 2.06. The van der Waals surface area contributed by atoms with Gasteiger partial charge in [0.25, 0.3) is 11.8 Å². The molecule has 3 aromatic rings. The summed E-state index contributed by atoms with van der Waals surface area (Å²) in [6, 6.07) is 16.2. The van der Waals surface area contributed by atoms with E-state index in [1.807, 2.05) is 35.0 Å². The second-order valence-corrected chi connectivity index (χ2v) is 6.97. The molecule has 0 saturated heterocycles. The zero-order valence-electron chi connectivity index (χ0n) is 16.0. The van der Waals surface area contributed by atoms with Gasteiger partial charge in [0.15, 0.2) is 0 Å². The van der Waals surface area contributed by atoms with Gasteiger partial charge in [-0.2, -0.15) is 0 Å². The third-order valence-electron chi connectivity index (χ3n) is 4.88. The number of ether oxygens (including phenoxy) is 1. The summed E-state index contributed by atoms with van der Waals surface area (Å²) in [5.74, 6) is -1.15. The second-order valence-electron chi connectivity index (χ2n) is 6.97. The normalized spacial score (nSPS) is 13.5. The number of amides is 2. The fourth-order valence-corrected chi connectivity index (χ4v) is 3.59. The molecule has 1 aromatic heterocycles. The summed E-state index contributed by atoms with van der Waals surface area (Å²) in [4.78, 5) is 35.0. The van der Waals surface area contributed by atoms with Gasteiger partial charge in [0.2, 0.25) is 0 Å². The average molecular weight is 388 g/mol. The number of hydrogen-bond donors (Lipinski definition) is 1. The molecule has 0 fully saturated rings. The van der Waals surface area contributed by atoms with E-state index in [4.69, 9.17) is 4.74 Å². The molecule has 0 saturated carbocycles. The van der Waals surface area contributed by atoms with E-state index in [9.17, 15) is 14.4 Å². The van der Waals surface area contributed by atoms with Crippen molar-refractivity contribution in [2.75, 3.05) is 6.61 Å².